The molecule has 0 radical (unpaired) electrons. The van der Waals surface area contributed by atoms with E-state index < -0.39 is 16.0 Å². The number of sulfonamides is 1. The first-order valence-electron chi connectivity index (χ1n) is 6.63. The van der Waals surface area contributed by atoms with E-state index in [0.29, 0.717) is 30.6 Å². The molecule has 6 nitrogen and oxygen atoms in total. The standard InChI is InChI=1S/C13H18N2O4S/c1-2-3-8-20(18,19)15-7-5-12-11(9-15)10(13(16)17)4-6-14-12/h4,6H,2-3,5,7-9H2,1H3,(H,16,17). The van der Waals surface area contributed by atoms with Gasteiger partial charge < -0.3 is 5.11 Å². The molecule has 110 valence electrons. The third-order valence-corrected chi connectivity index (χ3v) is 5.36. The molecule has 1 aromatic rings. The predicted octanol–water partition coefficient (Wildman–Crippen LogP) is 1.27. The van der Waals surface area contributed by atoms with Gasteiger partial charge in [-0.15, -0.1) is 0 Å². The van der Waals surface area contributed by atoms with Crippen LogP contribution in [0.25, 0.3) is 0 Å². The molecule has 0 atom stereocenters. The maximum absolute atomic E-state index is 12.2. The molecule has 2 rings (SSSR count). The van der Waals surface area contributed by atoms with Crippen LogP contribution in [0.1, 0.15) is 41.4 Å². The molecule has 0 aromatic carbocycles. The number of pyridine rings is 1. The van der Waals surface area contributed by atoms with E-state index in [1.807, 2.05) is 6.92 Å². The van der Waals surface area contributed by atoms with Gasteiger partial charge in [-0.3, -0.25) is 4.98 Å². The molecular weight excluding hydrogens is 280 g/mol. The third-order valence-electron chi connectivity index (χ3n) is 3.46. The fraction of sp³-hybridized carbons (Fsp3) is 0.538. The number of rotatable bonds is 5. The van der Waals surface area contributed by atoms with Gasteiger partial charge in [0.2, 0.25) is 10.0 Å². The summed E-state index contributed by atoms with van der Waals surface area (Å²) in [4.78, 5) is 15.4. The number of carboxylic acid groups (broad SMARTS) is 1. The Balaban J connectivity index is 2.28. The van der Waals surface area contributed by atoms with Crippen LogP contribution < -0.4 is 0 Å². The average Bonchev–Trinajstić information content (AvgIpc) is 2.43. The Labute approximate surface area is 118 Å². The van der Waals surface area contributed by atoms with Crippen molar-refractivity contribution in [2.24, 2.45) is 0 Å². The molecule has 2 heterocycles. The first-order valence-corrected chi connectivity index (χ1v) is 8.24. The smallest absolute Gasteiger partial charge is 0.336 e. The van der Waals surface area contributed by atoms with Crippen LogP contribution in [0.5, 0.6) is 0 Å². The summed E-state index contributed by atoms with van der Waals surface area (Å²) in [5.41, 5.74) is 1.35. The first kappa shape index (κ1) is 14.9. The van der Waals surface area contributed by atoms with E-state index in [9.17, 15) is 18.3 Å². The molecule has 0 spiro atoms. The minimum absolute atomic E-state index is 0.108. The van der Waals surface area contributed by atoms with E-state index in [4.69, 9.17) is 0 Å². The van der Waals surface area contributed by atoms with E-state index in [2.05, 4.69) is 4.98 Å². The minimum Gasteiger partial charge on any atom is -0.478 e. The van der Waals surface area contributed by atoms with Gasteiger partial charge in [0.1, 0.15) is 0 Å². The van der Waals surface area contributed by atoms with Crippen molar-refractivity contribution in [3.63, 3.8) is 0 Å². The number of carboxylic acids is 1. The Morgan fingerprint density at radius 2 is 2.25 bits per heavy atom. The molecule has 0 saturated carbocycles. The van der Waals surface area contributed by atoms with Gasteiger partial charge in [0, 0.05) is 37.0 Å². The highest BCUT2D eigenvalue weighted by Gasteiger charge is 2.29. The number of fused-ring (bicyclic) bond motifs is 1. The molecule has 0 amide bonds. The van der Waals surface area contributed by atoms with Crippen molar-refractivity contribution in [3.8, 4) is 0 Å². The van der Waals surface area contributed by atoms with Crippen LogP contribution in [0, 0.1) is 0 Å². The van der Waals surface area contributed by atoms with Crippen molar-refractivity contribution < 1.29 is 18.3 Å². The summed E-state index contributed by atoms with van der Waals surface area (Å²) in [6.07, 6.45) is 3.35. The monoisotopic (exact) mass is 298 g/mol. The minimum atomic E-state index is -3.32. The second kappa shape index (κ2) is 5.88. The van der Waals surface area contributed by atoms with Crippen LogP contribution in [0.15, 0.2) is 12.3 Å². The van der Waals surface area contributed by atoms with Crippen molar-refractivity contribution in [2.75, 3.05) is 12.3 Å². The third kappa shape index (κ3) is 2.99. The lowest BCUT2D eigenvalue weighted by Gasteiger charge is -2.28. The highest BCUT2D eigenvalue weighted by atomic mass is 32.2. The second-order valence-corrected chi connectivity index (χ2v) is 6.93. The van der Waals surface area contributed by atoms with Gasteiger partial charge in [0.15, 0.2) is 0 Å². The summed E-state index contributed by atoms with van der Waals surface area (Å²) in [5.74, 6) is -0.932. The van der Waals surface area contributed by atoms with Crippen molar-refractivity contribution in [3.05, 3.63) is 29.1 Å². The Bertz CT molecular complexity index is 613. The zero-order valence-corrected chi connectivity index (χ0v) is 12.2. The van der Waals surface area contributed by atoms with Gasteiger partial charge in [0.05, 0.1) is 11.3 Å². The zero-order valence-electron chi connectivity index (χ0n) is 11.4. The number of hydrogen-bond donors (Lipinski definition) is 1. The SMILES string of the molecule is CCCCS(=O)(=O)N1CCc2nccc(C(=O)O)c2C1. The summed E-state index contributed by atoms with van der Waals surface area (Å²) in [7, 11) is -3.32. The van der Waals surface area contributed by atoms with Gasteiger partial charge in [-0.2, -0.15) is 4.31 Å². The first-order chi connectivity index (χ1) is 9.45. The lowest BCUT2D eigenvalue weighted by Crippen LogP contribution is -2.38. The zero-order chi connectivity index (χ0) is 14.8. The van der Waals surface area contributed by atoms with Crippen molar-refractivity contribution in [1.29, 1.82) is 0 Å². The summed E-state index contributed by atoms with van der Waals surface area (Å²) in [6, 6.07) is 1.42. The molecule has 1 aliphatic heterocycles. The molecule has 0 fully saturated rings. The quantitative estimate of drug-likeness (QED) is 0.884. The Morgan fingerprint density at radius 1 is 1.50 bits per heavy atom. The summed E-state index contributed by atoms with van der Waals surface area (Å²) in [6.45, 7) is 2.42. The lowest BCUT2D eigenvalue weighted by molar-refractivity contribution is 0.0694. The number of aromatic carboxylic acids is 1. The highest BCUT2D eigenvalue weighted by molar-refractivity contribution is 7.89. The predicted molar refractivity (Wildman–Crippen MR) is 74.0 cm³/mol. The number of aromatic nitrogens is 1. The molecule has 0 unspecified atom stereocenters. The largest absolute Gasteiger partial charge is 0.478 e. The summed E-state index contributed by atoms with van der Waals surface area (Å²) in [5, 5.41) is 9.18. The maximum atomic E-state index is 12.2. The normalized spacial score (nSPS) is 15.8. The van der Waals surface area contributed by atoms with E-state index in [1.165, 1.54) is 16.6 Å². The van der Waals surface area contributed by atoms with Crippen LogP contribution in [0.4, 0.5) is 0 Å². The van der Waals surface area contributed by atoms with Gasteiger partial charge in [-0.05, 0) is 12.5 Å². The van der Waals surface area contributed by atoms with E-state index in [1.54, 1.807) is 0 Å². The Kier molecular flexibility index (Phi) is 4.39. The molecule has 0 saturated heterocycles. The number of unbranched alkanes of at least 4 members (excludes halogenated alkanes) is 1. The molecule has 20 heavy (non-hydrogen) atoms. The Hall–Kier alpha value is -1.47. The molecular formula is C13H18N2O4S. The van der Waals surface area contributed by atoms with Crippen molar-refractivity contribution in [2.45, 2.75) is 32.7 Å². The van der Waals surface area contributed by atoms with Gasteiger partial charge >= 0.3 is 5.97 Å². The van der Waals surface area contributed by atoms with E-state index in [-0.39, 0.29) is 17.9 Å². The second-order valence-electron chi connectivity index (χ2n) is 4.84. The van der Waals surface area contributed by atoms with Crippen LogP contribution in [-0.2, 0) is 23.0 Å². The maximum Gasteiger partial charge on any atom is 0.336 e. The molecule has 1 N–H and O–H groups in total. The number of nitrogens with zero attached hydrogens (tertiary/aromatic N) is 2. The molecule has 0 aliphatic carbocycles. The molecule has 7 heteroatoms. The van der Waals surface area contributed by atoms with Gasteiger partial charge in [-0.1, -0.05) is 13.3 Å². The van der Waals surface area contributed by atoms with Crippen LogP contribution >= 0.6 is 0 Å². The number of hydrogen-bond acceptors (Lipinski definition) is 4. The van der Waals surface area contributed by atoms with Crippen LogP contribution in [0.2, 0.25) is 0 Å². The lowest BCUT2D eigenvalue weighted by atomic mass is 10.0. The van der Waals surface area contributed by atoms with Crippen LogP contribution in [0.3, 0.4) is 0 Å². The number of carbonyl (C=O) groups is 1. The fourth-order valence-corrected chi connectivity index (χ4v) is 3.91. The van der Waals surface area contributed by atoms with Crippen LogP contribution in [-0.4, -0.2) is 41.1 Å². The summed E-state index contributed by atoms with van der Waals surface area (Å²) >= 11 is 0. The summed E-state index contributed by atoms with van der Waals surface area (Å²) < 4.78 is 25.8. The van der Waals surface area contributed by atoms with Gasteiger partial charge in [0.25, 0.3) is 0 Å². The van der Waals surface area contributed by atoms with Gasteiger partial charge in [-0.25, -0.2) is 13.2 Å². The van der Waals surface area contributed by atoms with E-state index >= 15 is 0 Å². The molecule has 1 aromatic heterocycles. The Morgan fingerprint density at radius 3 is 2.90 bits per heavy atom. The van der Waals surface area contributed by atoms with E-state index in [0.717, 1.165) is 6.42 Å². The average molecular weight is 298 g/mol. The fourth-order valence-electron chi connectivity index (χ4n) is 2.31. The highest BCUT2D eigenvalue weighted by Crippen LogP contribution is 2.23. The molecule has 1 aliphatic rings. The van der Waals surface area contributed by atoms with Crippen molar-refractivity contribution in [1.82, 2.24) is 9.29 Å². The topological polar surface area (TPSA) is 87.6 Å². The van der Waals surface area contributed by atoms with Crippen molar-refractivity contribution >= 4 is 16.0 Å². The molecule has 0 bridgehead atoms.